The van der Waals surface area contributed by atoms with Crippen molar-refractivity contribution in [2.24, 2.45) is 0 Å². The molecule has 0 aliphatic heterocycles. The Labute approximate surface area is 155 Å². The van der Waals surface area contributed by atoms with E-state index in [1.54, 1.807) is 36.4 Å². The number of phenols is 1. The van der Waals surface area contributed by atoms with Crippen LogP contribution in [0.1, 0.15) is 27.7 Å². The molecule has 0 radical (unpaired) electrons. The van der Waals surface area contributed by atoms with E-state index >= 15 is 0 Å². The second kappa shape index (κ2) is 8.13. The number of carboxylic acids is 1. The molecule has 1 heterocycles. The SMILES string of the molecule is O=C(NCc1cn([C@@H](Cc2ccc(O)cc2)C(=O)O)nn1)c1ccccc1. The number of rotatable bonds is 7. The van der Waals surface area contributed by atoms with E-state index in [4.69, 9.17) is 0 Å². The number of hydrogen-bond acceptors (Lipinski definition) is 5. The minimum atomic E-state index is -1.05. The van der Waals surface area contributed by atoms with Crippen LogP contribution in [0.25, 0.3) is 0 Å². The Bertz CT molecular complexity index is 922. The summed E-state index contributed by atoms with van der Waals surface area (Å²) in [5.74, 6) is -1.18. The van der Waals surface area contributed by atoms with E-state index in [2.05, 4.69) is 15.6 Å². The second-order valence-corrected chi connectivity index (χ2v) is 5.96. The maximum absolute atomic E-state index is 12.1. The van der Waals surface area contributed by atoms with Gasteiger partial charge in [-0.15, -0.1) is 5.10 Å². The van der Waals surface area contributed by atoms with Crippen LogP contribution in [0, 0.1) is 0 Å². The molecule has 3 aromatic rings. The summed E-state index contributed by atoms with van der Waals surface area (Å²) in [6.07, 6.45) is 1.69. The van der Waals surface area contributed by atoms with E-state index in [1.165, 1.54) is 23.0 Å². The summed E-state index contributed by atoms with van der Waals surface area (Å²) >= 11 is 0. The molecule has 1 amide bonds. The summed E-state index contributed by atoms with van der Waals surface area (Å²) in [5, 5.41) is 29.4. The molecule has 27 heavy (non-hydrogen) atoms. The average Bonchev–Trinajstić information content (AvgIpc) is 3.14. The van der Waals surface area contributed by atoms with E-state index in [0.717, 1.165) is 5.56 Å². The number of nitrogens with one attached hydrogen (secondary N) is 1. The molecular formula is C19H18N4O4. The van der Waals surface area contributed by atoms with Crippen LogP contribution in [-0.4, -0.2) is 37.1 Å². The lowest BCUT2D eigenvalue weighted by molar-refractivity contribution is -0.141. The Morgan fingerprint density at radius 3 is 2.44 bits per heavy atom. The zero-order valence-corrected chi connectivity index (χ0v) is 14.3. The van der Waals surface area contributed by atoms with Gasteiger partial charge in [0.15, 0.2) is 6.04 Å². The van der Waals surface area contributed by atoms with Gasteiger partial charge < -0.3 is 15.5 Å². The van der Waals surface area contributed by atoms with Crippen LogP contribution < -0.4 is 5.32 Å². The first-order chi connectivity index (χ1) is 13.0. The largest absolute Gasteiger partial charge is 0.508 e. The van der Waals surface area contributed by atoms with Crippen molar-refractivity contribution in [3.8, 4) is 5.75 Å². The first kappa shape index (κ1) is 18.1. The van der Waals surface area contributed by atoms with E-state index in [0.29, 0.717) is 11.3 Å². The zero-order chi connectivity index (χ0) is 19.2. The number of aliphatic carboxylic acids is 1. The third-order valence-electron chi connectivity index (χ3n) is 3.99. The van der Waals surface area contributed by atoms with Gasteiger partial charge in [-0.2, -0.15) is 0 Å². The molecule has 0 fully saturated rings. The Balaban J connectivity index is 1.66. The molecule has 8 heteroatoms. The van der Waals surface area contributed by atoms with Crippen LogP contribution in [-0.2, 0) is 17.8 Å². The van der Waals surface area contributed by atoms with Gasteiger partial charge in [0.25, 0.3) is 5.91 Å². The second-order valence-electron chi connectivity index (χ2n) is 5.96. The van der Waals surface area contributed by atoms with Crippen molar-refractivity contribution >= 4 is 11.9 Å². The van der Waals surface area contributed by atoms with Crippen LogP contribution in [0.15, 0.2) is 60.8 Å². The lowest BCUT2D eigenvalue weighted by Gasteiger charge is -2.12. The van der Waals surface area contributed by atoms with Gasteiger partial charge in [-0.25, -0.2) is 9.48 Å². The Morgan fingerprint density at radius 1 is 1.07 bits per heavy atom. The van der Waals surface area contributed by atoms with Crippen molar-refractivity contribution in [2.45, 2.75) is 19.0 Å². The molecule has 2 aromatic carbocycles. The summed E-state index contributed by atoms with van der Waals surface area (Å²) in [6.45, 7) is 0.138. The number of carboxylic acid groups (broad SMARTS) is 1. The number of aromatic nitrogens is 3. The minimum Gasteiger partial charge on any atom is -0.508 e. The van der Waals surface area contributed by atoms with Crippen molar-refractivity contribution in [1.29, 1.82) is 0 Å². The molecule has 1 atom stereocenters. The van der Waals surface area contributed by atoms with Crippen molar-refractivity contribution in [3.63, 3.8) is 0 Å². The van der Waals surface area contributed by atoms with Crippen LogP contribution >= 0.6 is 0 Å². The predicted octanol–water partition coefficient (Wildman–Crippen LogP) is 1.78. The van der Waals surface area contributed by atoms with Crippen molar-refractivity contribution in [2.75, 3.05) is 0 Å². The first-order valence-electron chi connectivity index (χ1n) is 8.27. The van der Waals surface area contributed by atoms with Gasteiger partial charge >= 0.3 is 5.97 Å². The molecular weight excluding hydrogens is 348 g/mol. The van der Waals surface area contributed by atoms with Gasteiger partial charge in [0.1, 0.15) is 11.4 Å². The van der Waals surface area contributed by atoms with Crippen LogP contribution in [0.4, 0.5) is 0 Å². The molecule has 3 N–H and O–H groups in total. The zero-order valence-electron chi connectivity index (χ0n) is 14.3. The lowest BCUT2D eigenvalue weighted by Crippen LogP contribution is -2.23. The van der Waals surface area contributed by atoms with E-state index in [9.17, 15) is 19.8 Å². The van der Waals surface area contributed by atoms with Gasteiger partial charge in [0.05, 0.1) is 12.7 Å². The minimum absolute atomic E-state index is 0.114. The number of hydrogen-bond donors (Lipinski definition) is 3. The number of carbonyl (C=O) groups is 2. The number of nitrogens with zero attached hydrogens (tertiary/aromatic N) is 3. The highest BCUT2D eigenvalue weighted by molar-refractivity contribution is 5.94. The fraction of sp³-hybridized carbons (Fsp3) is 0.158. The summed E-state index contributed by atoms with van der Waals surface area (Å²) in [6, 6.07) is 14.1. The first-order valence-corrected chi connectivity index (χ1v) is 8.27. The number of amides is 1. The van der Waals surface area contributed by atoms with Gasteiger partial charge in [-0.3, -0.25) is 4.79 Å². The van der Waals surface area contributed by atoms with Crippen LogP contribution in [0.2, 0.25) is 0 Å². The quantitative estimate of drug-likeness (QED) is 0.587. The lowest BCUT2D eigenvalue weighted by atomic mass is 10.1. The van der Waals surface area contributed by atoms with Gasteiger partial charge in [0.2, 0.25) is 0 Å². The molecule has 3 rings (SSSR count). The third-order valence-corrected chi connectivity index (χ3v) is 3.99. The highest BCUT2D eigenvalue weighted by Crippen LogP contribution is 2.17. The number of phenolic OH excluding ortho intramolecular Hbond substituents is 1. The summed E-state index contributed by atoms with van der Waals surface area (Å²) < 4.78 is 1.26. The fourth-order valence-corrected chi connectivity index (χ4v) is 2.56. The molecule has 0 unspecified atom stereocenters. The van der Waals surface area contributed by atoms with Gasteiger partial charge in [-0.05, 0) is 29.8 Å². The maximum Gasteiger partial charge on any atom is 0.328 e. The normalized spacial score (nSPS) is 11.7. The molecule has 0 saturated heterocycles. The molecule has 8 nitrogen and oxygen atoms in total. The smallest absolute Gasteiger partial charge is 0.328 e. The monoisotopic (exact) mass is 366 g/mol. The fourth-order valence-electron chi connectivity index (χ4n) is 2.56. The molecule has 0 spiro atoms. The van der Waals surface area contributed by atoms with Crippen LogP contribution in [0.3, 0.4) is 0 Å². The van der Waals surface area contributed by atoms with Crippen molar-refractivity contribution < 1.29 is 19.8 Å². The number of carbonyl (C=O) groups excluding carboxylic acids is 1. The standard InChI is InChI=1S/C19H18N4O4/c24-16-8-6-13(7-9-16)10-17(19(26)27)23-12-15(21-22-23)11-20-18(25)14-4-2-1-3-5-14/h1-9,12,17,24H,10-11H2,(H,20,25)(H,26,27)/t17-/m0/s1. The maximum atomic E-state index is 12.1. The highest BCUT2D eigenvalue weighted by atomic mass is 16.4. The van der Waals surface area contributed by atoms with Crippen molar-refractivity contribution in [1.82, 2.24) is 20.3 Å². The third kappa shape index (κ3) is 4.69. The topological polar surface area (TPSA) is 117 Å². The molecule has 138 valence electrons. The molecule has 0 aliphatic rings. The van der Waals surface area contributed by atoms with Gasteiger partial charge in [0, 0.05) is 12.0 Å². The van der Waals surface area contributed by atoms with Gasteiger partial charge in [-0.1, -0.05) is 35.5 Å². The number of benzene rings is 2. The van der Waals surface area contributed by atoms with E-state index < -0.39 is 12.0 Å². The Morgan fingerprint density at radius 2 is 1.78 bits per heavy atom. The number of aromatic hydroxyl groups is 1. The van der Waals surface area contributed by atoms with Crippen LogP contribution in [0.5, 0.6) is 5.75 Å². The average molecular weight is 366 g/mol. The molecule has 0 aliphatic carbocycles. The summed E-state index contributed by atoms with van der Waals surface area (Å²) in [5.41, 5.74) is 1.73. The predicted molar refractivity (Wildman–Crippen MR) is 96.1 cm³/mol. The molecule has 0 bridgehead atoms. The van der Waals surface area contributed by atoms with Crippen molar-refractivity contribution in [3.05, 3.63) is 77.6 Å². The van der Waals surface area contributed by atoms with E-state index in [-0.39, 0.29) is 24.6 Å². The summed E-state index contributed by atoms with van der Waals surface area (Å²) in [4.78, 5) is 23.7. The molecule has 1 aromatic heterocycles. The molecule has 0 saturated carbocycles. The highest BCUT2D eigenvalue weighted by Gasteiger charge is 2.22. The summed E-state index contributed by atoms with van der Waals surface area (Å²) in [7, 11) is 0. The Hall–Kier alpha value is -3.68. The Kier molecular flexibility index (Phi) is 5.46. The van der Waals surface area contributed by atoms with E-state index in [1.807, 2.05) is 6.07 Å².